The Balaban J connectivity index is 2.94. The molecule has 0 amide bonds. The number of hydrogen-bond donors (Lipinski definition) is 0. The fourth-order valence-corrected chi connectivity index (χ4v) is 5.11. The third kappa shape index (κ3) is 6.06. The quantitative estimate of drug-likeness (QED) is 0.315. The minimum absolute atomic E-state index is 0.178. The van der Waals surface area contributed by atoms with Crippen LogP contribution in [0, 0.1) is 0 Å². The summed E-state index contributed by atoms with van der Waals surface area (Å²) in [4.78, 5) is 0.659. The molecule has 3 nitrogen and oxygen atoms in total. The Morgan fingerprint density at radius 3 is 2.10 bits per heavy atom. The largest absolute Gasteiger partial charge is 0.344 e. The van der Waals surface area contributed by atoms with E-state index in [9.17, 15) is 4.57 Å². The van der Waals surface area contributed by atoms with E-state index in [0.29, 0.717) is 6.42 Å². The van der Waals surface area contributed by atoms with Gasteiger partial charge in [-0.2, -0.15) is 0 Å². The van der Waals surface area contributed by atoms with Crippen LogP contribution >= 0.6 is 19.4 Å². The van der Waals surface area contributed by atoms with E-state index in [4.69, 9.17) is 9.05 Å². The summed E-state index contributed by atoms with van der Waals surface area (Å²) in [7, 11) is -3.30. The van der Waals surface area contributed by atoms with Gasteiger partial charge in [0.25, 0.3) is 0 Å². The molecule has 1 aromatic carbocycles. The SMILES string of the molecule is C=CCOP(=O)(OCC=C)C(CC=C)Sc1ccccc1. The Kier molecular flexibility index (Phi) is 8.40. The van der Waals surface area contributed by atoms with Crippen LogP contribution in [0.2, 0.25) is 0 Å². The first-order chi connectivity index (χ1) is 10.2. The summed E-state index contributed by atoms with van der Waals surface area (Å²) in [6.45, 7) is 11.3. The van der Waals surface area contributed by atoms with Gasteiger partial charge in [-0.05, 0) is 18.6 Å². The molecule has 0 N–H and O–H groups in total. The molecule has 0 spiro atoms. The van der Waals surface area contributed by atoms with E-state index < -0.39 is 7.60 Å². The zero-order chi connectivity index (χ0) is 15.6. The Hall–Kier alpha value is -1.06. The van der Waals surface area contributed by atoms with Crippen molar-refractivity contribution in [2.45, 2.75) is 16.3 Å². The minimum Gasteiger partial charge on any atom is -0.304 e. The highest BCUT2D eigenvalue weighted by atomic mass is 32.2. The van der Waals surface area contributed by atoms with Crippen LogP contribution in [0.15, 0.2) is 73.2 Å². The summed E-state index contributed by atoms with van der Waals surface area (Å²) >= 11 is 1.47. The highest BCUT2D eigenvalue weighted by Crippen LogP contribution is 2.59. The summed E-state index contributed by atoms with van der Waals surface area (Å²) in [5, 5.41) is 0. The number of allylic oxidation sites excluding steroid dienone is 1. The zero-order valence-corrected chi connectivity index (χ0v) is 13.7. The molecule has 1 rings (SSSR count). The molecule has 5 heteroatoms. The Bertz CT molecular complexity index is 486. The van der Waals surface area contributed by atoms with Crippen molar-refractivity contribution in [2.75, 3.05) is 13.2 Å². The molecule has 21 heavy (non-hydrogen) atoms. The lowest BCUT2D eigenvalue weighted by molar-refractivity contribution is 0.235. The summed E-state index contributed by atoms with van der Waals surface area (Å²) in [5.74, 6) is 0. The number of hydrogen-bond acceptors (Lipinski definition) is 4. The van der Waals surface area contributed by atoms with Gasteiger partial charge in [-0.3, -0.25) is 4.57 Å². The van der Waals surface area contributed by atoms with Gasteiger partial charge in [-0.1, -0.05) is 36.4 Å². The molecule has 1 unspecified atom stereocenters. The maximum absolute atomic E-state index is 13.0. The van der Waals surface area contributed by atoms with Gasteiger partial charge in [0.15, 0.2) is 0 Å². The highest BCUT2D eigenvalue weighted by molar-refractivity contribution is 8.05. The van der Waals surface area contributed by atoms with Crippen molar-refractivity contribution in [3.05, 3.63) is 68.3 Å². The van der Waals surface area contributed by atoms with Crippen molar-refractivity contribution in [1.29, 1.82) is 0 Å². The first-order valence-electron chi connectivity index (χ1n) is 6.59. The number of thioether (sulfide) groups is 1. The predicted octanol–water partition coefficient (Wildman–Crippen LogP) is 5.28. The molecule has 0 heterocycles. The molecule has 0 aliphatic rings. The van der Waals surface area contributed by atoms with Crippen LogP contribution in [0.1, 0.15) is 6.42 Å². The lowest BCUT2D eigenvalue weighted by Gasteiger charge is -2.25. The van der Waals surface area contributed by atoms with Crippen LogP contribution in [0.3, 0.4) is 0 Å². The molecule has 0 bridgehead atoms. The number of rotatable bonds is 11. The molecule has 1 atom stereocenters. The van der Waals surface area contributed by atoms with Gasteiger partial charge in [0.05, 0.1) is 13.2 Å². The summed E-state index contributed by atoms with van der Waals surface area (Å²) in [6.07, 6.45) is 5.36. The molecule has 0 aliphatic carbocycles. The second-order valence-electron chi connectivity index (χ2n) is 4.12. The fourth-order valence-electron chi connectivity index (χ4n) is 1.56. The Morgan fingerprint density at radius 1 is 1.05 bits per heavy atom. The first-order valence-corrected chi connectivity index (χ1v) is 9.08. The molecule has 0 saturated heterocycles. The molecule has 114 valence electrons. The normalized spacial score (nSPS) is 12.6. The molecule has 1 aromatic rings. The Morgan fingerprint density at radius 2 is 1.62 bits per heavy atom. The third-order valence-electron chi connectivity index (χ3n) is 2.48. The Labute approximate surface area is 131 Å². The van der Waals surface area contributed by atoms with Crippen LogP contribution in [0.25, 0.3) is 0 Å². The molecular weight excluding hydrogens is 303 g/mol. The lowest BCUT2D eigenvalue weighted by atomic mass is 10.4. The topological polar surface area (TPSA) is 35.5 Å². The van der Waals surface area contributed by atoms with Crippen molar-refractivity contribution >= 4 is 19.4 Å². The summed E-state index contributed by atoms with van der Waals surface area (Å²) in [5.41, 5.74) is 0. The fraction of sp³-hybridized carbons (Fsp3) is 0.250. The van der Waals surface area contributed by atoms with Gasteiger partial charge in [-0.25, -0.2) is 0 Å². The second-order valence-corrected chi connectivity index (χ2v) is 7.96. The maximum atomic E-state index is 13.0. The van der Waals surface area contributed by atoms with Gasteiger partial charge in [0, 0.05) is 4.90 Å². The predicted molar refractivity (Wildman–Crippen MR) is 90.8 cm³/mol. The van der Waals surface area contributed by atoms with Crippen molar-refractivity contribution < 1.29 is 13.6 Å². The van der Waals surface area contributed by atoms with E-state index in [-0.39, 0.29) is 18.2 Å². The van der Waals surface area contributed by atoms with Crippen LogP contribution < -0.4 is 0 Å². The van der Waals surface area contributed by atoms with Crippen LogP contribution in [-0.4, -0.2) is 18.2 Å². The van der Waals surface area contributed by atoms with Gasteiger partial charge >= 0.3 is 7.60 Å². The van der Waals surface area contributed by atoms with E-state index in [1.807, 2.05) is 30.3 Å². The molecule has 0 fully saturated rings. The number of benzene rings is 1. The molecule has 0 aliphatic heterocycles. The van der Waals surface area contributed by atoms with Crippen LogP contribution in [0.4, 0.5) is 0 Å². The minimum atomic E-state index is -3.30. The van der Waals surface area contributed by atoms with Gasteiger partial charge in [-0.15, -0.1) is 31.5 Å². The standard InChI is InChI=1S/C16H21O3PS/c1-4-10-16(21-15-11-8-7-9-12-15)20(17,18-13-5-2)19-14-6-3/h4-9,11-12,16H,1-3,10,13-14H2. The molecule has 0 saturated carbocycles. The van der Waals surface area contributed by atoms with Crippen molar-refractivity contribution in [3.63, 3.8) is 0 Å². The van der Waals surface area contributed by atoms with E-state index >= 15 is 0 Å². The monoisotopic (exact) mass is 324 g/mol. The van der Waals surface area contributed by atoms with E-state index in [0.717, 1.165) is 4.90 Å². The van der Waals surface area contributed by atoms with Crippen molar-refractivity contribution in [1.82, 2.24) is 0 Å². The molecule has 0 radical (unpaired) electrons. The van der Waals surface area contributed by atoms with Crippen LogP contribution in [-0.2, 0) is 13.6 Å². The van der Waals surface area contributed by atoms with Crippen molar-refractivity contribution in [3.8, 4) is 0 Å². The second kappa shape index (κ2) is 9.80. The van der Waals surface area contributed by atoms with E-state index in [1.165, 1.54) is 11.8 Å². The van der Waals surface area contributed by atoms with E-state index in [1.54, 1.807) is 18.2 Å². The van der Waals surface area contributed by atoms with Crippen LogP contribution in [0.5, 0.6) is 0 Å². The smallest absolute Gasteiger partial charge is 0.304 e. The van der Waals surface area contributed by atoms with Crippen molar-refractivity contribution in [2.24, 2.45) is 0 Å². The zero-order valence-electron chi connectivity index (χ0n) is 12.0. The maximum Gasteiger partial charge on any atom is 0.344 e. The first kappa shape index (κ1) is 18.0. The third-order valence-corrected chi connectivity index (χ3v) is 6.51. The summed E-state index contributed by atoms with van der Waals surface area (Å²) < 4.78 is 24.0. The molecule has 0 aromatic heterocycles. The van der Waals surface area contributed by atoms with Gasteiger partial charge in [0.2, 0.25) is 0 Å². The highest BCUT2D eigenvalue weighted by Gasteiger charge is 2.35. The van der Waals surface area contributed by atoms with Gasteiger partial charge in [0.1, 0.15) is 4.99 Å². The van der Waals surface area contributed by atoms with Gasteiger partial charge < -0.3 is 9.05 Å². The molecular formula is C16H21O3PS. The summed E-state index contributed by atoms with van der Waals surface area (Å²) in [6, 6.07) is 9.74. The van der Waals surface area contributed by atoms with E-state index in [2.05, 4.69) is 19.7 Å². The lowest BCUT2D eigenvalue weighted by Crippen LogP contribution is -2.10. The average Bonchev–Trinajstić information content (AvgIpc) is 2.51. The average molecular weight is 324 g/mol.